The van der Waals surface area contributed by atoms with Crippen LogP contribution in [-0.4, -0.2) is 100 Å². The lowest BCUT2D eigenvalue weighted by molar-refractivity contribution is -0.147. The molecule has 0 radical (unpaired) electrons. The Morgan fingerprint density at radius 2 is 1.48 bits per heavy atom. The van der Waals surface area contributed by atoms with E-state index in [1.165, 1.54) is 11.8 Å². The monoisotopic (exact) mass is 757 g/mol. The minimum atomic E-state index is -1.11. The molecule has 0 aromatic heterocycles. The molecule has 2 aliphatic heterocycles. The third-order valence-corrected chi connectivity index (χ3v) is 9.89. The first-order chi connectivity index (χ1) is 25.0. The first-order valence-corrected chi connectivity index (χ1v) is 18.6. The van der Waals surface area contributed by atoms with Gasteiger partial charge in [-0.05, 0) is 41.4 Å². The van der Waals surface area contributed by atoms with Crippen LogP contribution in [-0.2, 0) is 49.6 Å². The molecule has 0 bridgehead atoms. The zero-order chi connectivity index (χ0) is 40.7. The predicted octanol–water partition coefficient (Wildman–Crippen LogP) is 2.74. The number of amides is 6. The number of aliphatic hydroxyl groups excluding tert-OH is 1. The normalized spacial score (nSPS) is 20.9. The maximum atomic E-state index is 13.4. The van der Waals surface area contributed by atoms with Gasteiger partial charge in [0.25, 0.3) is 0 Å². The number of likely N-dealkylation sites (tertiary alicyclic amines) is 2. The van der Waals surface area contributed by atoms with Crippen LogP contribution in [0.5, 0.6) is 0 Å². The average Bonchev–Trinajstić information content (AvgIpc) is 3.54. The number of aliphatic hydroxyl groups is 1. The lowest BCUT2D eigenvalue weighted by atomic mass is 9.80. The van der Waals surface area contributed by atoms with Crippen LogP contribution in [0.3, 0.4) is 0 Å². The van der Waals surface area contributed by atoms with E-state index in [0.29, 0.717) is 5.69 Å². The van der Waals surface area contributed by atoms with Gasteiger partial charge in [-0.2, -0.15) is 0 Å². The van der Waals surface area contributed by atoms with E-state index < -0.39 is 77.3 Å². The summed E-state index contributed by atoms with van der Waals surface area (Å²) in [6, 6.07) is 4.67. The first kappa shape index (κ1) is 44.0. The van der Waals surface area contributed by atoms with Gasteiger partial charge >= 0.3 is 5.97 Å². The number of hydrogen-bond acceptors (Lipinski definition) is 10. The first-order valence-electron chi connectivity index (χ1n) is 18.6. The molecule has 15 nitrogen and oxygen atoms in total. The molecule has 0 saturated carbocycles. The van der Waals surface area contributed by atoms with Crippen molar-refractivity contribution < 1.29 is 48.1 Å². The number of ether oxygens (including phenoxy) is 2. The lowest BCUT2D eigenvalue weighted by Gasteiger charge is -2.31. The van der Waals surface area contributed by atoms with Crippen molar-refractivity contribution in [2.75, 3.05) is 25.0 Å². The van der Waals surface area contributed by atoms with Crippen molar-refractivity contribution in [1.82, 2.24) is 20.4 Å². The molecule has 1 aromatic carbocycles. The van der Waals surface area contributed by atoms with Crippen molar-refractivity contribution in [3.8, 4) is 0 Å². The summed E-state index contributed by atoms with van der Waals surface area (Å²) in [6.07, 6.45) is -1.63. The zero-order valence-electron chi connectivity index (χ0n) is 33.3. The minimum absolute atomic E-state index is 0.0263. The Kier molecular flexibility index (Phi) is 14.9. The van der Waals surface area contributed by atoms with Gasteiger partial charge in [-0.25, -0.2) is 0 Å². The van der Waals surface area contributed by atoms with E-state index in [-0.39, 0.29) is 62.6 Å². The third-order valence-electron chi connectivity index (χ3n) is 9.89. The molecule has 3 rings (SSSR count). The summed E-state index contributed by atoms with van der Waals surface area (Å²) in [5, 5.41) is 18.9. The Hall–Kier alpha value is -4.37. The fraction of sp³-hybridized carbons (Fsp3) is 0.667. The number of carbonyl (C=O) groups is 7. The fourth-order valence-corrected chi connectivity index (χ4v) is 6.37. The van der Waals surface area contributed by atoms with Crippen molar-refractivity contribution in [3.05, 3.63) is 29.8 Å². The lowest BCUT2D eigenvalue weighted by Crippen LogP contribution is -2.54. The molecule has 4 unspecified atom stereocenters. The molecule has 300 valence electrons. The number of benzene rings is 1. The molecule has 2 heterocycles. The summed E-state index contributed by atoms with van der Waals surface area (Å²) in [7, 11) is 0. The molecule has 6 atom stereocenters. The maximum Gasteiger partial charge on any atom is 0.305 e. The molecular formula is C39H59N5O10. The van der Waals surface area contributed by atoms with Gasteiger partial charge in [-0.15, -0.1) is 0 Å². The van der Waals surface area contributed by atoms with E-state index >= 15 is 0 Å². The summed E-state index contributed by atoms with van der Waals surface area (Å²) in [6.45, 7) is 17.1. The predicted molar refractivity (Wildman–Crippen MR) is 199 cm³/mol. The molecule has 2 saturated heterocycles. The maximum absolute atomic E-state index is 13.4. The highest BCUT2D eigenvalue weighted by Gasteiger charge is 2.48. The molecule has 1 aromatic rings. The second-order valence-electron chi connectivity index (χ2n) is 16.7. The topological polar surface area (TPSA) is 201 Å². The number of carbonyl (C=O) groups excluding carboxylic acids is 7. The van der Waals surface area contributed by atoms with Gasteiger partial charge in [0.05, 0.1) is 25.1 Å². The molecule has 0 aliphatic carbocycles. The summed E-state index contributed by atoms with van der Waals surface area (Å²) < 4.78 is 11.1. The van der Waals surface area contributed by atoms with Crippen LogP contribution >= 0.6 is 0 Å². The van der Waals surface area contributed by atoms with Crippen LogP contribution in [0, 0.1) is 28.6 Å². The molecule has 54 heavy (non-hydrogen) atoms. The van der Waals surface area contributed by atoms with E-state index in [2.05, 4.69) is 16.0 Å². The van der Waals surface area contributed by atoms with Gasteiger partial charge in [0.1, 0.15) is 31.5 Å². The number of nitrogens with one attached hydrogen (secondary N) is 3. The molecule has 6 amide bonds. The fourth-order valence-electron chi connectivity index (χ4n) is 6.37. The van der Waals surface area contributed by atoms with E-state index in [9.17, 15) is 38.7 Å². The number of imide groups is 1. The van der Waals surface area contributed by atoms with Crippen LogP contribution in [0.2, 0.25) is 0 Å². The van der Waals surface area contributed by atoms with Crippen LogP contribution in [0.25, 0.3) is 0 Å². The molecule has 2 aliphatic rings. The highest BCUT2D eigenvalue weighted by atomic mass is 16.5. The number of anilines is 1. The Morgan fingerprint density at radius 3 is 2.00 bits per heavy atom. The van der Waals surface area contributed by atoms with Crippen LogP contribution in [0.1, 0.15) is 94.1 Å². The van der Waals surface area contributed by atoms with E-state index in [4.69, 9.17) is 9.47 Å². The molecular weight excluding hydrogens is 698 g/mol. The van der Waals surface area contributed by atoms with E-state index in [1.807, 2.05) is 41.5 Å². The van der Waals surface area contributed by atoms with Gasteiger partial charge in [-0.1, -0.05) is 74.4 Å². The zero-order valence-corrected chi connectivity index (χ0v) is 33.3. The molecule has 2 fully saturated rings. The Balaban J connectivity index is 1.65. The Bertz CT molecular complexity index is 1550. The summed E-state index contributed by atoms with van der Waals surface area (Å²) in [4.78, 5) is 93.0. The minimum Gasteiger partial charge on any atom is -0.461 e. The molecule has 15 heteroatoms. The van der Waals surface area contributed by atoms with E-state index in [0.717, 1.165) is 10.5 Å². The van der Waals surface area contributed by atoms with Crippen molar-refractivity contribution in [2.45, 2.75) is 120 Å². The highest BCUT2D eigenvalue weighted by molar-refractivity contribution is 6.04. The summed E-state index contributed by atoms with van der Waals surface area (Å²) in [5.74, 6) is -4.55. The van der Waals surface area contributed by atoms with Crippen molar-refractivity contribution >= 4 is 47.1 Å². The van der Waals surface area contributed by atoms with Gasteiger partial charge < -0.3 is 35.4 Å². The van der Waals surface area contributed by atoms with Gasteiger partial charge in [-0.3, -0.25) is 38.5 Å². The Labute approximate surface area is 318 Å². The molecule has 0 spiro atoms. The number of rotatable bonds is 16. The van der Waals surface area contributed by atoms with Crippen molar-refractivity contribution in [3.63, 3.8) is 0 Å². The van der Waals surface area contributed by atoms with Gasteiger partial charge in [0, 0.05) is 30.9 Å². The van der Waals surface area contributed by atoms with Crippen LogP contribution in [0.4, 0.5) is 5.69 Å². The highest BCUT2D eigenvalue weighted by Crippen LogP contribution is 2.38. The molecule has 4 N–H and O–H groups in total. The van der Waals surface area contributed by atoms with E-state index in [1.54, 1.807) is 45.0 Å². The summed E-state index contributed by atoms with van der Waals surface area (Å²) >= 11 is 0. The van der Waals surface area contributed by atoms with Crippen molar-refractivity contribution in [1.29, 1.82) is 0 Å². The Morgan fingerprint density at radius 1 is 0.870 bits per heavy atom. The standard InChI is InChI=1S/C39H59N5O10/c1-11-32(48)54-20-24-12-14-25(15-13-24)41-34(49)23(4)40-35(50)33(22(2)3)42-29(45)21-53-26(18-43-30(46)16-27(36(43)51)38(5,6)7)19-44-31(47)17-28(37(44)52)39(8,9)10/h12-15,22-23,26-28,30,33,46H,11,16-21H2,1-10H3,(H,40,50)(H,41,49)(H,42,45)/t23-,26?,27?,28?,30?,33-/m0/s1. The van der Waals surface area contributed by atoms with Gasteiger partial charge in [0.15, 0.2) is 0 Å². The number of hydrogen-bond donors (Lipinski definition) is 4. The largest absolute Gasteiger partial charge is 0.461 e. The second kappa shape index (κ2) is 18.3. The number of nitrogens with zero attached hydrogens (tertiary/aromatic N) is 2. The quantitative estimate of drug-likeness (QED) is 0.144. The SMILES string of the molecule is CCC(=O)OCc1ccc(NC(=O)[C@H](C)NC(=O)[C@@H](NC(=O)COC(CN2C(=O)CC(C(C)(C)C)C2=O)CN2C(=O)C(C(C)(C)C)CC2O)C(C)C)cc1. The van der Waals surface area contributed by atoms with Crippen LogP contribution in [0.15, 0.2) is 24.3 Å². The average molecular weight is 758 g/mol. The van der Waals surface area contributed by atoms with Crippen LogP contribution < -0.4 is 16.0 Å². The smallest absolute Gasteiger partial charge is 0.305 e. The summed E-state index contributed by atoms with van der Waals surface area (Å²) in [5.41, 5.74) is 0.315. The third kappa shape index (κ3) is 11.8. The van der Waals surface area contributed by atoms with Gasteiger partial charge in [0.2, 0.25) is 35.4 Å². The second-order valence-corrected chi connectivity index (χ2v) is 16.7. The number of esters is 1. The van der Waals surface area contributed by atoms with Crippen molar-refractivity contribution in [2.24, 2.45) is 28.6 Å².